The van der Waals surface area contributed by atoms with Crippen molar-refractivity contribution in [2.45, 2.75) is 51.0 Å². The molecule has 3 nitrogen and oxygen atoms in total. The first-order chi connectivity index (χ1) is 7.15. The lowest BCUT2D eigenvalue weighted by atomic mass is 9.82. The number of amides is 1. The Hall–Kier alpha value is -1.04. The summed E-state index contributed by atoms with van der Waals surface area (Å²) in [5.41, 5.74) is -0.486. The third kappa shape index (κ3) is 2.31. The van der Waals surface area contributed by atoms with Crippen LogP contribution in [0.2, 0.25) is 0 Å². The highest BCUT2D eigenvalue weighted by atomic mass is 16.2. The normalized spacial score (nSPS) is 32.8. The van der Waals surface area contributed by atoms with Gasteiger partial charge in [0.1, 0.15) is 5.54 Å². The molecule has 0 spiro atoms. The summed E-state index contributed by atoms with van der Waals surface area (Å²) >= 11 is 0. The Balaban J connectivity index is 1.84. The van der Waals surface area contributed by atoms with E-state index in [0.29, 0.717) is 0 Å². The van der Waals surface area contributed by atoms with E-state index in [1.165, 1.54) is 0 Å². The van der Waals surface area contributed by atoms with Crippen molar-refractivity contribution >= 4 is 5.91 Å². The van der Waals surface area contributed by atoms with Crippen LogP contribution in [0.5, 0.6) is 0 Å². The van der Waals surface area contributed by atoms with Gasteiger partial charge in [-0.2, -0.15) is 5.26 Å². The monoisotopic (exact) mass is 206 g/mol. The second-order valence-electron chi connectivity index (χ2n) is 5.14. The Morgan fingerprint density at radius 3 is 2.40 bits per heavy atom. The smallest absolute Gasteiger partial charge is 0.224 e. The Morgan fingerprint density at radius 2 is 1.93 bits per heavy atom. The Kier molecular flexibility index (Phi) is 2.68. The molecule has 82 valence electrons. The fourth-order valence-electron chi connectivity index (χ4n) is 2.25. The lowest BCUT2D eigenvalue weighted by Crippen LogP contribution is -2.40. The van der Waals surface area contributed by atoms with Gasteiger partial charge in [0.25, 0.3) is 0 Å². The third-order valence-electron chi connectivity index (χ3n) is 3.71. The average Bonchev–Trinajstić information content (AvgIpc) is 2.99. The van der Waals surface area contributed by atoms with Gasteiger partial charge in [0.15, 0.2) is 0 Å². The molecule has 2 rings (SSSR count). The van der Waals surface area contributed by atoms with Crippen LogP contribution >= 0.6 is 0 Å². The van der Waals surface area contributed by atoms with Crippen molar-refractivity contribution in [2.24, 2.45) is 11.8 Å². The van der Waals surface area contributed by atoms with Crippen LogP contribution in [0.1, 0.15) is 45.4 Å². The van der Waals surface area contributed by atoms with Crippen molar-refractivity contribution < 1.29 is 4.79 Å². The third-order valence-corrected chi connectivity index (χ3v) is 3.71. The summed E-state index contributed by atoms with van der Waals surface area (Å²) in [4.78, 5) is 11.9. The molecule has 3 heteroatoms. The fourth-order valence-corrected chi connectivity index (χ4v) is 2.25. The van der Waals surface area contributed by atoms with Crippen LogP contribution in [0.4, 0.5) is 0 Å². The summed E-state index contributed by atoms with van der Waals surface area (Å²) in [6.45, 7) is 2.24. The van der Waals surface area contributed by atoms with Crippen LogP contribution in [0.3, 0.4) is 0 Å². The van der Waals surface area contributed by atoms with E-state index in [1.807, 2.05) is 0 Å². The molecule has 2 aliphatic rings. The van der Waals surface area contributed by atoms with Crippen molar-refractivity contribution in [1.29, 1.82) is 5.26 Å². The highest BCUT2D eigenvalue weighted by Gasteiger charge is 2.45. The number of carbonyl (C=O) groups excluding carboxylic acids is 1. The van der Waals surface area contributed by atoms with Gasteiger partial charge >= 0.3 is 0 Å². The lowest BCUT2D eigenvalue weighted by Gasteiger charge is -2.26. The number of hydrogen-bond donors (Lipinski definition) is 1. The number of nitriles is 1. The minimum atomic E-state index is -0.486. The first-order valence-corrected chi connectivity index (χ1v) is 5.88. The number of nitrogens with zero attached hydrogens (tertiary/aromatic N) is 1. The van der Waals surface area contributed by atoms with Gasteiger partial charge < -0.3 is 5.32 Å². The van der Waals surface area contributed by atoms with Crippen LogP contribution in [0, 0.1) is 23.2 Å². The van der Waals surface area contributed by atoms with E-state index < -0.39 is 5.54 Å². The number of hydrogen-bond acceptors (Lipinski definition) is 2. The molecule has 0 aromatic rings. The van der Waals surface area contributed by atoms with Crippen LogP contribution in [-0.2, 0) is 4.79 Å². The largest absolute Gasteiger partial charge is 0.338 e. The molecule has 0 heterocycles. The molecule has 0 aromatic carbocycles. The van der Waals surface area contributed by atoms with E-state index in [9.17, 15) is 4.79 Å². The van der Waals surface area contributed by atoms with Gasteiger partial charge in [-0.15, -0.1) is 0 Å². The van der Waals surface area contributed by atoms with Gasteiger partial charge in [-0.05, 0) is 44.4 Å². The van der Waals surface area contributed by atoms with Crippen LogP contribution < -0.4 is 5.32 Å². The molecular formula is C12H18N2O. The van der Waals surface area contributed by atoms with E-state index in [-0.39, 0.29) is 11.8 Å². The molecule has 2 saturated carbocycles. The molecular weight excluding hydrogens is 188 g/mol. The van der Waals surface area contributed by atoms with Crippen molar-refractivity contribution in [3.8, 4) is 6.07 Å². The molecule has 0 saturated heterocycles. The highest BCUT2D eigenvalue weighted by molar-refractivity contribution is 5.80. The molecule has 1 amide bonds. The van der Waals surface area contributed by atoms with Crippen molar-refractivity contribution in [2.75, 3.05) is 0 Å². The van der Waals surface area contributed by atoms with Crippen LogP contribution in [0.25, 0.3) is 0 Å². The summed E-state index contributed by atoms with van der Waals surface area (Å²) in [6.07, 6.45) is 5.95. The first kappa shape index (κ1) is 10.5. The van der Waals surface area contributed by atoms with Gasteiger partial charge in [-0.25, -0.2) is 0 Å². The van der Waals surface area contributed by atoms with E-state index in [2.05, 4.69) is 18.3 Å². The lowest BCUT2D eigenvalue weighted by molar-refractivity contribution is -0.126. The maximum absolute atomic E-state index is 11.9. The second kappa shape index (κ2) is 3.84. The maximum atomic E-state index is 11.9. The van der Waals surface area contributed by atoms with E-state index in [4.69, 9.17) is 5.26 Å². The first-order valence-electron chi connectivity index (χ1n) is 5.88. The van der Waals surface area contributed by atoms with E-state index >= 15 is 0 Å². The molecule has 2 fully saturated rings. The van der Waals surface area contributed by atoms with Crippen molar-refractivity contribution in [1.82, 2.24) is 5.32 Å². The second-order valence-corrected chi connectivity index (χ2v) is 5.14. The quantitative estimate of drug-likeness (QED) is 0.751. The molecule has 0 radical (unpaired) electrons. The predicted octanol–water partition coefficient (Wildman–Crippen LogP) is 1.99. The molecule has 1 N–H and O–H groups in total. The Labute approximate surface area is 90.8 Å². The molecule has 0 bridgehead atoms. The maximum Gasteiger partial charge on any atom is 0.224 e. The summed E-state index contributed by atoms with van der Waals surface area (Å²) in [5.74, 6) is 1.04. The minimum absolute atomic E-state index is 0.112. The summed E-state index contributed by atoms with van der Waals surface area (Å²) in [7, 11) is 0. The van der Waals surface area contributed by atoms with E-state index in [1.54, 1.807) is 0 Å². The molecule has 0 aliphatic heterocycles. The van der Waals surface area contributed by atoms with Gasteiger partial charge in [0.2, 0.25) is 5.91 Å². The molecule has 2 aliphatic carbocycles. The Bertz CT molecular complexity index is 293. The Morgan fingerprint density at radius 1 is 1.33 bits per heavy atom. The summed E-state index contributed by atoms with van der Waals surface area (Å²) < 4.78 is 0. The average molecular weight is 206 g/mol. The molecule has 0 atom stereocenters. The SMILES string of the molecule is CC1CCC(C(=O)NC2(C#N)CC2)CC1. The van der Waals surface area contributed by atoms with Gasteiger partial charge in [0, 0.05) is 5.92 Å². The molecule has 15 heavy (non-hydrogen) atoms. The zero-order valence-electron chi connectivity index (χ0n) is 9.25. The standard InChI is InChI=1S/C12H18N2O/c1-9-2-4-10(5-3-9)11(15)14-12(8-13)6-7-12/h9-10H,2-7H2,1H3,(H,14,15). The molecule has 0 unspecified atom stereocenters. The highest BCUT2D eigenvalue weighted by Crippen LogP contribution is 2.36. The fraction of sp³-hybridized carbons (Fsp3) is 0.833. The van der Waals surface area contributed by atoms with Crippen molar-refractivity contribution in [3.63, 3.8) is 0 Å². The number of nitrogens with one attached hydrogen (secondary N) is 1. The summed E-state index contributed by atoms with van der Waals surface area (Å²) in [5, 5.41) is 11.8. The minimum Gasteiger partial charge on any atom is -0.338 e. The van der Waals surface area contributed by atoms with Crippen molar-refractivity contribution in [3.05, 3.63) is 0 Å². The topological polar surface area (TPSA) is 52.9 Å². The van der Waals surface area contributed by atoms with Gasteiger partial charge in [-0.3, -0.25) is 4.79 Å². The zero-order valence-corrected chi connectivity index (χ0v) is 9.25. The van der Waals surface area contributed by atoms with Gasteiger partial charge in [-0.1, -0.05) is 6.92 Å². The van der Waals surface area contributed by atoms with Crippen LogP contribution in [-0.4, -0.2) is 11.4 Å². The summed E-state index contributed by atoms with van der Waals surface area (Å²) in [6, 6.07) is 2.20. The number of carbonyl (C=O) groups is 1. The van der Waals surface area contributed by atoms with E-state index in [0.717, 1.165) is 44.4 Å². The zero-order chi connectivity index (χ0) is 10.9. The predicted molar refractivity (Wildman–Crippen MR) is 56.8 cm³/mol. The molecule has 0 aromatic heterocycles. The van der Waals surface area contributed by atoms with Crippen LogP contribution in [0.15, 0.2) is 0 Å². The number of rotatable bonds is 2. The van der Waals surface area contributed by atoms with Gasteiger partial charge in [0.05, 0.1) is 6.07 Å².